The lowest BCUT2D eigenvalue weighted by Crippen LogP contribution is -2.61. The van der Waals surface area contributed by atoms with E-state index >= 15 is 0 Å². The Morgan fingerprint density at radius 1 is 0.623 bits per heavy atom. The number of ether oxygens (including phenoxy) is 1. The van der Waals surface area contributed by atoms with Crippen molar-refractivity contribution in [3.05, 3.63) is 58.7 Å². The van der Waals surface area contributed by atoms with Gasteiger partial charge in [0.05, 0.1) is 11.6 Å². The summed E-state index contributed by atoms with van der Waals surface area (Å²) in [5.74, 6) is 0.722. The van der Waals surface area contributed by atoms with E-state index in [4.69, 9.17) is 9.73 Å². The van der Waals surface area contributed by atoms with Crippen LogP contribution in [0.4, 0.5) is 11.4 Å². The van der Waals surface area contributed by atoms with Crippen molar-refractivity contribution in [3.63, 3.8) is 0 Å². The van der Waals surface area contributed by atoms with Gasteiger partial charge in [0, 0.05) is 18.3 Å². The number of aliphatic imine (C=N–C) groups is 1. The maximum Gasteiger partial charge on any atom is 0.228 e. The van der Waals surface area contributed by atoms with Gasteiger partial charge >= 0.3 is 0 Å². The zero-order valence-corrected chi connectivity index (χ0v) is 34.8. The SMILES string of the molecule is C1CCCCC1.C1CCCCCCCCCCCCCCCCCCC1.Cc1ccc2c(c1)C(C)(C)C1(C=Nc3ccc(C)c(C=CC=O)c3O1)N2C. The van der Waals surface area contributed by atoms with Gasteiger partial charge in [-0.05, 0) is 63.1 Å². The molecule has 4 aliphatic rings. The van der Waals surface area contributed by atoms with Crippen molar-refractivity contribution in [2.75, 3.05) is 11.9 Å². The molecule has 2 aromatic carbocycles. The van der Waals surface area contributed by atoms with E-state index in [2.05, 4.69) is 50.9 Å². The number of hydrogen-bond acceptors (Lipinski definition) is 4. The quantitative estimate of drug-likeness (QED) is 0.229. The molecule has 2 aliphatic heterocycles. The summed E-state index contributed by atoms with van der Waals surface area (Å²) in [6.07, 6.45) is 45.0. The first-order valence-electron chi connectivity index (χ1n) is 22.2. The standard InChI is InChI=1S/C23H24N2O2.C20H40.C6H12/c1-15-8-11-20-18(13-15)22(3,4)23(25(20)5)14-24-19-10-9-16(2)17(7-6-12-26)21(19)27-23;1-2-4-6-8-10-12-14-16-18-20-19-17-15-13-11-9-7-5-3-1;1-2-4-6-5-3-1/h6-14H,1-5H3;1-20H2;1-6H2. The molecule has 4 nitrogen and oxygen atoms in total. The summed E-state index contributed by atoms with van der Waals surface area (Å²) in [5, 5.41) is 0. The van der Waals surface area contributed by atoms with E-state index in [1.807, 2.05) is 25.3 Å². The number of rotatable bonds is 2. The first-order valence-corrected chi connectivity index (χ1v) is 22.2. The number of fused-ring (bicyclic) bond motifs is 2. The van der Waals surface area contributed by atoms with E-state index in [0.717, 1.165) is 34.5 Å². The fourth-order valence-electron chi connectivity index (χ4n) is 8.85. The topological polar surface area (TPSA) is 41.9 Å². The average Bonchev–Trinajstić information content (AvgIpc) is 3.32. The Morgan fingerprint density at radius 2 is 1.04 bits per heavy atom. The van der Waals surface area contributed by atoms with Gasteiger partial charge < -0.3 is 9.64 Å². The molecular formula is C49H76N2O2. The minimum atomic E-state index is -0.728. The van der Waals surface area contributed by atoms with Crippen LogP contribution in [0.5, 0.6) is 5.75 Å². The third-order valence-corrected chi connectivity index (χ3v) is 12.5. The Kier molecular flexibility index (Phi) is 18.7. The molecule has 0 amide bonds. The summed E-state index contributed by atoms with van der Waals surface area (Å²) >= 11 is 0. The highest BCUT2D eigenvalue weighted by Crippen LogP contribution is 2.54. The Bertz CT molecular complexity index is 1320. The number of carbonyl (C=O) groups is 1. The van der Waals surface area contributed by atoms with Crippen LogP contribution < -0.4 is 9.64 Å². The number of benzene rings is 2. The van der Waals surface area contributed by atoms with Gasteiger partial charge in [-0.25, -0.2) is 0 Å². The molecule has 0 N–H and O–H groups in total. The lowest BCUT2D eigenvalue weighted by atomic mass is 9.77. The van der Waals surface area contributed by atoms with Crippen molar-refractivity contribution >= 4 is 30.0 Å². The van der Waals surface area contributed by atoms with Crippen LogP contribution in [0.1, 0.15) is 203 Å². The number of aldehydes is 1. The van der Waals surface area contributed by atoms with Gasteiger partial charge in [-0.1, -0.05) is 191 Å². The molecule has 4 heteroatoms. The third kappa shape index (κ3) is 12.6. The van der Waals surface area contributed by atoms with Crippen molar-refractivity contribution < 1.29 is 9.53 Å². The van der Waals surface area contributed by atoms with E-state index in [9.17, 15) is 4.79 Å². The number of anilines is 1. The van der Waals surface area contributed by atoms with Crippen LogP contribution in [0.3, 0.4) is 0 Å². The first-order chi connectivity index (χ1) is 25.8. The summed E-state index contributed by atoms with van der Waals surface area (Å²) in [5.41, 5.74) is 5.32. The summed E-state index contributed by atoms with van der Waals surface area (Å²) in [4.78, 5) is 17.8. The van der Waals surface area contributed by atoms with Gasteiger partial charge in [0.1, 0.15) is 12.0 Å². The molecule has 2 heterocycles. The lowest BCUT2D eigenvalue weighted by Gasteiger charge is -2.45. The van der Waals surface area contributed by atoms with Crippen molar-refractivity contribution in [2.24, 2.45) is 4.99 Å². The smallest absolute Gasteiger partial charge is 0.228 e. The minimum absolute atomic E-state index is 0.306. The second-order valence-corrected chi connectivity index (χ2v) is 17.1. The zero-order chi connectivity index (χ0) is 37.8. The Labute approximate surface area is 325 Å². The Hall–Kier alpha value is -2.88. The maximum atomic E-state index is 10.9. The molecule has 2 fully saturated rings. The van der Waals surface area contributed by atoms with E-state index < -0.39 is 5.72 Å². The van der Waals surface area contributed by atoms with Crippen LogP contribution in [0, 0.1) is 13.8 Å². The van der Waals surface area contributed by atoms with Crippen LogP contribution in [0.25, 0.3) is 6.08 Å². The van der Waals surface area contributed by atoms with Gasteiger partial charge in [0.25, 0.3) is 0 Å². The Balaban J connectivity index is 0.000000211. The van der Waals surface area contributed by atoms with E-state index in [-0.39, 0.29) is 5.41 Å². The molecule has 0 radical (unpaired) electrons. The van der Waals surface area contributed by atoms with Crippen LogP contribution in [-0.4, -0.2) is 25.3 Å². The molecule has 0 bridgehead atoms. The van der Waals surface area contributed by atoms with E-state index in [0.29, 0.717) is 0 Å². The lowest BCUT2D eigenvalue weighted by molar-refractivity contribution is -0.104. The van der Waals surface area contributed by atoms with Gasteiger partial charge in [-0.15, -0.1) is 0 Å². The highest BCUT2D eigenvalue weighted by Gasteiger charge is 2.58. The van der Waals surface area contributed by atoms with Crippen molar-refractivity contribution in [1.29, 1.82) is 0 Å². The van der Waals surface area contributed by atoms with Gasteiger partial charge in [0.15, 0.2) is 5.75 Å². The fraction of sp³-hybridized carbons (Fsp3) is 0.673. The number of allylic oxidation sites excluding steroid dienone is 1. The summed E-state index contributed by atoms with van der Waals surface area (Å²) in [6, 6.07) is 10.5. The van der Waals surface area contributed by atoms with Crippen LogP contribution in [-0.2, 0) is 10.2 Å². The van der Waals surface area contributed by atoms with E-state index in [1.54, 1.807) is 6.08 Å². The highest BCUT2D eigenvalue weighted by molar-refractivity contribution is 5.90. The number of likely N-dealkylation sites (N-methyl/N-ethyl adjacent to an activating group) is 1. The number of aryl methyl sites for hydroxylation is 2. The van der Waals surface area contributed by atoms with Crippen LogP contribution >= 0.6 is 0 Å². The molecule has 2 aromatic rings. The molecule has 53 heavy (non-hydrogen) atoms. The highest BCUT2D eigenvalue weighted by atomic mass is 16.5. The molecule has 6 rings (SSSR count). The summed E-state index contributed by atoms with van der Waals surface area (Å²) in [7, 11) is 2.05. The van der Waals surface area contributed by atoms with Crippen LogP contribution in [0.2, 0.25) is 0 Å². The van der Waals surface area contributed by atoms with Gasteiger partial charge in [0.2, 0.25) is 5.72 Å². The predicted molar refractivity (Wildman–Crippen MR) is 230 cm³/mol. The van der Waals surface area contributed by atoms with Crippen molar-refractivity contribution in [3.8, 4) is 5.75 Å². The zero-order valence-electron chi connectivity index (χ0n) is 34.8. The first kappa shape index (κ1) is 42.9. The normalized spacial score (nSPS) is 23.0. The molecule has 1 unspecified atom stereocenters. The number of carbonyl (C=O) groups excluding carboxylic acids is 1. The second-order valence-electron chi connectivity index (χ2n) is 17.1. The third-order valence-electron chi connectivity index (χ3n) is 12.5. The summed E-state index contributed by atoms with van der Waals surface area (Å²) in [6.45, 7) is 8.52. The Morgan fingerprint density at radius 3 is 1.43 bits per heavy atom. The van der Waals surface area contributed by atoms with Gasteiger partial charge in [-0.2, -0.15) is 0 Å². The molecule has 0 aromatic heterocycles. The molecule has 2 saturated carbocycles. The largest absolute Gasteiger partial charge is 0.459 e. The molecular weight excluding hydrogens is 649 g/mol. The fourth-order valence-corrected chi connectivity index (χ4v) is 8.85. The molecule has 1 atom stereocenters. The predicted octanol–water partition coefficient (Wildman–Crippen LogP) is 14.9. The van der Waals surface area contributed by atoms with Crippen LogP contribution in [0.15, 0.2) is 41.4 Å². The average molecular weight is 725 g/mol. The van der Waals surface area contributed by atoms with Crippen molar-refractivity contribution in [1.82, 2.24) is 0 Å². The molecule has 294 valence electrons. The monoisotopic (exact) mass is 725 g/mol. The maximum absolute atomic E-state index is 10.9. The van der Waals surface area contributed by atoms with E-state index in [1.165, 1.54) is 184 Å². The minimum Gasteiger partial charge on any atom is -0.459 e. The van der Waals surface area contributed by atoms with Crippen molar-refractivity contribution in [2.45, 2.75) is 206 Å². The molecule has 2 aliphatic carbocycles. The number of hydrogen-bond donors (Lipinski definition) is 0. The number of nitrogens with zero attached hydrogens (tertiary/aromatic N) is 2. The summed E-state index contributed by atoms with van der Waals surface area (Å²) < 4.78 is 6.75. The van der Waals surface area contributed by atoms with Gasteiger partial charge in [-0.3, -0.25) is 9.79 Å². The molecule has 1 spiro atoms. The second kappa shape index (κ2) is 23.1. The molecule has 0 saturated heterocycles.